The van der Waals surface area contributed by atoms with Gasteiger partial charge in [-0.25, -0.2) is 17.4 Å². The van der Waals surface area contributed by atoms with Crippen molar-refractivity contribution < 1.29 is 8.42 Å². The van der Waals surface area contributed by atoms with Crippen molar-refractivity contribution in [1.29, 1.82) is 0 Å². The molecule has 0 saturated carbocycles. The van der Waals surface area contributed by atoms with E-state index in [-0.39, 0.29) is 4.90 Å². The molecule has 3 aromatic heterocycles. The third kappa shape index (κ3) is 3.94. The van der Waals surface area contributed by atoms with Crippen LogP contribution in [0.4, 0.5) is 0 Å². The summed E-state index contributed by atoms with van der Waals surface area (Å²) in [7, 11) is -1.97. The van der Waals surface area contributed by atoms with Gasteiger partial charge in [0.15, 0.2) is 0 Å². The van der Waals surface area contributed by atoms with Gasteiger partial charge < -0.3 is 5.32 Å². The van der Waals surface area contributed by atoms with E-state index in [9.17, 15) is 8.42 Å². The van der Waals surface area contributed by atoms with Gasteiger partial charge in [0.1, 0.15) is 15.2 Å². The van der Waals surface area contributed by atoms with Crippen LogP contribution in [-0.4, -0.2) is 29.4 Å². The number of halogens is 2. The lowest BCUT2D eigenvalue weighted by Crippen LogP contribution is -2.12. The summed E-state index contributed by atoms with van der Waals surface area (Å²) >= 11 is 12.1. The maximum absolute atomic E-state index is 13.3. The molecule has 0 atom stereocenters. The van der Waals surface area contributed by atoms with Crippen molar-refractivity contribution >= 4 is 44.1 Å². The Hall–Kier alpha value is -2.45. The summed E-state index contributed by atoms with van der Waals surface area (Å²) in [6, 6.07) is 12.4. The highest BCUT2D eigenvalue weighted by Crippen LogP contribution is 2.28. The van der Waals surface area contributed by atoms with Gasteiger partial charge in [0.25, 0.3) is 10.0 Å². The van der Waals surface area contributed by atoms with Crippen molar-refractivity contribution in [2.24, 2.45) is 0 Å². The standard InChI is InChI=1S/C21H18Cl2N4O2S/c1-24-11-16-13-27(30(28,29)17-3-2-8-25-12-17)19-10-14(4-6-18(16)19)9-15-5-7-20(22)26-21(15)23/h2-8,10,12-13,24H,9,11H2,1H3. The second kappa shape index (κ2) is 8.35. The number of nitrogens with zero attached hydrogens (tertiary/aromatic N) is 3. The molecule has 0 saturated heterocycles. The molecule has 0 radical (unpaired) electrons. The van der Waals surface area contributed by atoms with E-state index < -0.39 is 10.0 Å². The topological polar surface area (TPSA) is 76.9 Å². The number of pyridine rings is 2. The van der Waals surface area contributed by atoms with E-state index in [1.807, 2.05) is 31.3 Å². The Kier molecular flexibility index (Phi) is 5.79. The Labute approximate surface area is 184 Å². The van der Waals surface area contributed by atoms with Gasteiger partial charge in [-0.1, -0.05) is 41.4 Å². The second-order valence-corrected chi connectivity index (χ2v) is 9.35. The third-order valence-corrected chi connectivity index (χ3v) is 6.96. The van der Waals surface area contributed by atoms with Crippen LogP contribution in [0.5, 0.6) is 0 Å². The van der Waals surface area contributed by atoms with Crippen LogP contribution >= 0.6 is 23.2 Å². The summed E-state index contributed by atoms with van der Waals surface area (Å²) in [6.45, 7) is 0.540. The first-order valence-electron chi connectivity index (χ1n) is 9.14. The van der Waals surface area contributed by atoms with E-state index in [1.165, 1.54) is 16.2 Å². The molecule has 0 spiro atoms. The second-order valence-electron chi connectivity index (χ2n) is 6.79. The fourth-order valence-corrected chi connectivity index (χ4v) is 5.12. The fourth-order valence-electron chi connectivity index (χ4n) is 3.36. The molecule has 9 heteroatoms. The monoisotopic (exact) mass is 460 g/mol. The molecule has 0 bridgehead atoms. The van der Waals surface area contributed by atoms with Crippen molar-refractivity contribution in [3.05, 3.63) is 88.1 Å². The molecular formula is C21H18Cl2N4O2S. The van der Waals surface area contributed by atoms with Crippen LogP contribution in [0.2, 0.25) is 10.3 Å². The minimum Gasteiger partial charge on any atom is -0.316 e. The van der Waals surface area contributed by atoms with Gasteiger partial charge in [0.05, 0.1) is 5.52 Å². The molecule has 30 heavy (non-hydrogen) atoms. The summed E-state index contributed by atoms with van der Waals surface area (Å²) in [5.74, 6) is 0. The van der Waals surface area contributed by atoms with E-state index in [4.69, 9.17) is 23.2 Å². The maximum atomic E-state index is 13.3. The number of aromatic nitrogens is 3. The van der Waals surface area contributed by atoms with E-state index in [0.717, 1.165) is 22.1 Å². The summed E-state index contributed by atoms with van der Waals surface area (Å²) in [6.07, 6.45) is 5.05. The highest BCUT2D eigenvalue weighted by molar-refractivity contribution is 7.90. The van der Waals surface area contributed by atoms with Crippen LogP contribution < -0.4 is 5.32 Å². The van der Waals surface area contributed by atoms with Gasteiger partial charge in [-0.2, -0.15) is 0 Å². The van der Waals surface area contributed by atoms with Crippen molar-refractivity contribution in [1.82, 2.24) is 19.3 Å². The SMILES string of the molecule is CNCc1cn(S(=O)(=O)c2cccnc2)c2cc(Cc3ccc(Cl)nc3Cl)ccc12. The molecule has 4 rings (SSSR count). The molecule has 3 heterocycles. The third-order valence-electron chi connectivity index (χ3n) is 4.76. The highest BCUT2D eigenvalue weighted by atomic mass is 35.5. The van der Waals surface area contributed by atoms with Crippen LogP contribution in [0, 0.1) is 0 Å². The molecule has 1 N–H and O–H groups in total. The molecule has 0 aliphatic rings. The zero-order valence-corrected chi connectivity index (χ0v) is 18.3. The zero-order chi connectivity index (χ0) is 21.3. The van der Waals surface area contributed by atoms with Gasteiger partial charge in [-0.05, 0) is 48.0 Å². The van der Waals surface area contributed by atoms with E-state index >= 15 is 0 Å². The molecule has 0 unspecified atom stereocenters. The highest BCUT2D eigenvalue weighted by Gasteiger charge is 2.21. The number of rotatable bonds is 6. The fraction of sp³-hybridized carbons (Fsp3) is 0.143. The number of hydrogen-bond donors (Lipinski definition) is 1. The lowest BCUT2D eigenvalue weighted by Gasteiger charge is -2.09. The summed E-state index contributed by atoms with van der Waals surface area (Å²) in [5, 5.41) is 4.61. The normalized spacial score (nSPS) is 11.8. The first kappa shape index (κ1) is 20.8. The summed E-state index contributed by atoms with van der Waals surface area (Å²) in [4.78, 5) is 8.16. The Morgan fingerprint density at radius 1 is 1.10 bits per heavy atom. The van der Waals surface area contributed by atoms with Crippen LogP contribution in [0.1, 0.15) is 16.7 Å². The molecule has 0 amide bonds. The predicted molar refractivity (Wildman–Crippen MR) is 119 cm³/mol. The van der Waals surface area contributed by atoms with Gasteiger partial charge in [0, 0.05) is 36.9 Å². The Bertz CT molecular complexity index is 1320. The molecule has 1 aromatic carbocycles. The summed E-state index contributed by atoms with van der Waals surface area (Å²) in [5.41, 5.74) is 3.20. The number of benzene rings is 1. The minimum atomic E-state index is -3.80. The molecular weight excluding hydrogens is 443 g/mol. The average molecular weight is 461 g/mol. The van der Waals surface area contributed by atoms with Gasteiger partial charge in [-0.15, -0.1) is 0 Å². The van der Waals surface area contributed by atoms with E-state index in [0.29, 0.717) is 28.8 Å². The van der Waals surface area contributed by atoms with Crippen LogP contribution in [0.3, 0.4) is 0 Å². The quantitative estimate of drug-likeness (QED) is 0.434. The lowest BCUT2D eigenvalue weighted by atomic mass is 10.0. The van der Waals surface area contributed by atoms with Crippen molar-refractivity contribution in [3.8, 4) is 0 Å². The van der Waals surface area contributed by atoms with Crippen LogP contribution in [0.15, 0.2) is 66.0 Å². The minimum absolute atomic E-state index is 0.133. The van der Waals surface area contributed by atoms with Crippen LogP contribution in [0.25, 0.3) is 10.9 Å². The molecule has 0 aliphatic heterocycles. The number of fused-ring (bicyclic) bond motifs is 1. The Morgan fingerprint density at radius 2 is 1.93 bits per heavy atom. The summed E-state index contributed by atoms with van der Waals surface area (Å²) < 4.78 is 27.9. The van der Waals surface area contributed by atoms with Crippen LogP contribution in [-0.2, 0) is 23.0 Å². The largest absolute Gasteiger partial charge is 0.316 e. The van der Waals surface area contributed by atoms with Gasteiger partial charge in [0.2, 0.25) is 0 Å². The van der Waals surface area contributed by atoms with Gasteiger partial charge >= 0.3 is 0 Å². The smallest absolute Gasteiger partial charge is 0.269 e. The maximum Gasteiger partial charge on any atom is 0.269 e. The molecule has 6 nitrogen and oxygen atoms in total. The first-order valence-corrected chi connectivity index (χ1v) is 11.3. The molecule has 0 fully saturated rings. The van der Waals surface area contributed by atoms with E-state index in [1.54, 1.807) is 24.5 Å². The molecule has 4 aromatic rings. The van der Waals surface area contributed by atoms with Gasteiger partial charge in [-0.3, -0.25) is 4.98 Å². The molecule has 154 valence electrons. The average Bonchev–Trinajstić information content (AvgIpc) is 3.10. The van der Waals surface area contributed by atoms with Crippen molar-refractivity contribution in [2.75, 3.05) is 7.05 Å². The Morgan fingerprint density at radius 3 is 2.63 bits per heavy atom. The lowest BCUT2D eigenvalue weighted by molar-refractivity contribution is 0.588. The van der Waals surface area contributed by atoms with Crippen molar-refractivity contribution in [3.63, 3.8) is 0 Å². The number of nitrogens with one attached hydrogen (secondary N) is 1. The van der Waals surface area contributed by atoms with Crippen molar-refractivity contribution in [2.45, 2.75) is 17.9 Å². The zero-order valence-electron chi connectivity index (χ0n) is 16.0. The van der Waals surface area contributed by atoms with E-state index in [2.05, 4.69) is 15.3 Å². The number of hydrogen-bond acceptors (Lipinski definition) is 5. The molecule has 0 aliphatic carbocycles. The first-order chi connectivity index (χ1) is 14.4. The Balaban J connectivity index is 1.85. The predicted octanol–water partition coefficient (Wildman–Crippen LogP) is 4.29.